The highest BCUT2D eigenvalue weighted by molar-refractivity contribution is 5.94. The van der Waals surface area contributed by atoms with Crippen LogP contribution in [0.1, 0.15) is 6.92 Å². The molecule has 0 aromatic heterocycles. The van der Waals surface area contributed by atoms with E-state index < -0.39 is 0 Å². The van der Waals surface area contributed by atoms with Crippen molar-refractivity contribution in [1.82, 2.24) is 4.90 Å². The summed E-state index contributed by atoms with van der Waals surface area (Å²) in [5.41, 5.74) is 2.04. The van der Waals surface area contributed by atoms with Gasteiger partial charge in [-0.1, -0.05) is 18.2 Å². The van der Waals surface area contributed by atoms with Gasteiger partial charge in [0.1, 0.15) is 5.75 Å². The van der Waals surface area contributed by atoms with Crippen molar-refractivity contribution in [2.75, 3.05) is 43.5 Å². The summed E-state index contributed by atoms with van der Waals surface area (Å²) < 4.78 is 5.14. The average molecular weight is 339 g/mol. The number of nitrogens with one attached hydrogen (secondary N) is 1. The number of carbonyl (C=O) groups is 1. The van der Waals surface area contributed by atoms with Gasteiger partial charge in [-0.15, -0.1) is 0 Å². The fourth-order valence-electron chi connectivity index (χ4n) is 3.09. The molecule has 0 bridgehead atoms. The Kier molecular flexibility index (Phi) is 5.56. The molecule has 1 aliphatic rings. The Morgan fingerprint density at radius 1 is 1.00 bits per heavy atom. The third kappa shape index (κ3) is 4.31. The van der Waals surface area contributed by atoms with E-state index in [1.165, 1.54) is 5.69 Å². The molecule has 5 nitrogen and oxygen atoms in total. The number of piperazine rings is 1. The molecule has 2 aromatic rings. The minimum Gasteiger partial charge on any atom is -0.497 e. The lowest BCUT2D eigenvalue weighted by Gasteiger charge is -2.38. The number of anilines is 2. The first kappa shape index (κ1) is 17.3. The smallest absolute Gasteiger partial charge is 0.241 e. The summed E-state index contributed by atoms with van der Waals surface area (Å²) in [6.45, 7) is 5.60. The van der Waals surface area contributed by atoms with Crippen molar-refractivity contribution in [3.8, 4) is 5.75 Å². The van der Waals surface area contributed by atoms with Crippen LogP contribution in [-0.4, -0.2) is 50.1 Å². The van der Waals surface area contributed by atoms with Crippen LogP contribution in [0.15, 0.2) is 54.6 Å². The molecule has 132 valence electrons. The van der Waals surface area contributed by atoms with E-state index in [1.807, 2.05) is 37.3 Å². The lowest BCUT2D eigenvalue weighted by Crippen LogP contribution is -2.52. The monoisotopic (exact) mass is 339 g/mol. The van der Waals surface area contributed by atoms with Gasteiger partial charge < -0.3 is 15.0 Å². The molecule has 1 amide bonds. The van der Waals surface area contributed by atoms with Crippen LogP contribution in [0.25, 0.3) is 0 Å². The second kappa shape index (κ2) is 8.03. The average Bonchev–Trinajstić information content (AvgIpc) is 2.69. The SMILES string of the molecule is COc1ccc(NC(=O)[C@@H](C)N2CCN(c3ccccc3)CC2)cc1. The Balaban J connectivity index is 1.52. The molecular formula is C20H25N3O2. The number of nitrogens with zero attached hydrogens (tertiary/aromatic N) is 2. The lowest BCUT2D eigenvalue weighted by molar-refractivity contribution is -0.120. The number of methoxy groups -OCH3 is 1. The van der Waals surface area contributed by atoms with Gasteiger partial charge in [0, 0.05) is 37.6 Å². The molecule has 25 heavy (non-hydrogen) atoms. The predicted octanol–water partition coefficient (Wildman–Crippen LogP) is 2.84. The number of hydrogen-bond donors (Lipinski definition) is 1. The van der Waals surface area contributed by atoms with Gasteiger partial charge in [0.15, 0.2) is 0 Å². The Morgan fingerprint density at radius 3 is 2.24 bits per heavy atom. The first-order valence-corrected chi connectivity index (χ1v) is 8.66. The summed E-state index contributed by atoms with van der Waals surface area (Å²) in [5, 5.41) is 2.98. The molecule has 2 aromatic carbocycles. The fraction of sp³-hybridized carbons (Fsp3) is 0.350. The van der Waals surface area contributed by atoms with Crippen LogP contribution >= 0.6 is 0 Å². The van der Waals surface area contributed by atoms with Crippen molar-refractivity contribution < 1.29 is 9.53 Å². The summed E-state index contributed by atoms with van der Waals surface area (Å²) in [6, 6.07) is 17.7. The molecule has 1 saturated heterocycles. The molecule has 5 heteroatoms. The summed E-state index contributed by atoms with van der Waals surface area (Å²) in [5.74, 6) is 0.807. The molecule has 0 unspecified atom stereocenters. The van der Waals surface area contributed by atoms with Gasteiger partial charge in [-0.25, -0.2) is 0 Å². The van der Waals surface area contributed by atoms with Crippen LogP contribution in [0.3, 0.4) is 0 Å². The quantitative estimate of drug-likeness (QED) is 0.910. The Bertz CT molecular complexity index is 680. The molecule has 0 spiro atoms. The Hall–Kier alpha value is -2.53. The molecule has 1 atom stereocenters. The number of benzene rings is 2. The highest BCUT2D eigenvalue weighted by Gasteiger charge is 2.25. The van der Waals surface area contributed by atoms with Crippen molar-refractivity contribution in [3.05, 3.63) is 54.6 Å². The molecule has 1 aliphatic heterocycles. The second-order valence-corrected chi connectivity index (χ2v) is 6.25. The van der Waals surface area contributed by atoms with Crippen LogP contribution in [-0.2, 0) is 4.79 Å². The van der Waals surface area contributed by atoms with Gasteiger partial charge in [-0.3, -0.25) is 9.69 Å². The highest BCUT2D eigenvalue weighted by Crippen LogP contribution is 2.18. The van der Waals surface area contributed by atoms with E-state index in [0.29, 0.717) is 0 Å². The second-order valence-electron chi connectivity index (χ2n) is 6.25. The van der Waals surface area contributed by atoms with Crippen LogP contribution < -0.4 is 15.0 Å². The van der Waals surface area contributed by atoms with Gasteiger partial charge in [0.2, 0.25) is 5.91 Å². The Labute approximate surface area is 149 Å². The zero-order valence-corrected chi connectivity index (χ0v) is 14.8. The Morgan fingerprint density at radius 2 is 1.64 bits per heavy atom. The molecular weight excluding hydrogens is 314 g/mol. The summed E-state index contributed by atoms with van der Waals surface area (Å²) in [7, 11) is 1.63. The maximum absolute atomic E-state index is 12.5. The van der Waals surface area contributed by atoms with Gasteiger partial charge in [-0.2, -0.15) is 0 Å². The maximum Gasteiger partial charge on any atom is 0.241 e. The number of rotatable bonds is 5. The van der Waals surface area contributed by atoms with Gasteiger partial charge in [0.25, 0.3) is 0 Å². The minimum atomic E-state index is -0.153. The maximum atomic E-state index is 12.5. The number of hydrogen-bond acceptors (Lipinski definition) is 4. The summed E-state index contributed by atoms with van der Waals surface area (Å²) >= 11 is 0. The van der Waals surface area contributed by atoms with Crippen molar-refractivity contribution in [1.29, 1.82) is 0 Å². The van der Waals surface area contributed by atoms with Crippen molar-refractivity contribution in [2.45, 2.75) is 13.0 Å². The standard InChI is InChI=1S/C20H25N3O2/c1-16(20(24)21-17-8-10-19(25-2)11-9-17)22-12-14-23(15-13-22)18-6-4-3-5-7-18/h3-11,16H,12-15H2,1-2H3,(H,21,24)/t16-/m1/s1. The van der Waals surface area contributed by atoms with Crippen LogP contribution in [0.4, 0.5) is 11.4 Å². The van der Waals surface area contributed by atoms with E-state index in [4.69, 9.17) is 4.74 Å². The third-order valence-corrected chi connectivity index (χ3v) is 4.72. The zero-order chi connectivity index (χ0) is 17.6. The minimum absolute atomic E-state index is 0.0262. The normalized spacial score (nSPS) is 16.3. The number of carbonyl (C=O) groups excluding carboxylic acids is 1. The van der Waals surface area contributed by atoms with E-state index >= 15 is 0 Å². The van der Waals surface area contributed by atoms with Gasteiger partial charge in [-0.05, 0) is 43.3 Å². The fourth-order valence-corrected chi connectivity index (χ4v) is 3.09. The molecule has 1 heterocycles. The topological polar surface area (TPSA) is 44.8 Å². The van der Waals surface area contributed by atoms with E-state index in [2.05, 4.69) is 39.4 Å². The lowest BCUT2D eigenvalue weighted by atomic mass is 10.2. The number of para-hydroxylation sites is 1. The number of ether oxygens (including phenoxy) is 1. The number of amides is 1. The van der Waals surface area contributed by atoms with E-state index in [-0.39, 0.29) is 11.9 Å². The molecule has 0 aliphatic carbocycles. The first-order valence-electron chi connectivity index (χ1n) is 8.66. The summed E-state index contributed by atoms with van der Waals surface area (Å²) in [4.78, 5) is 17.1. The van der Waals surface area contributed by atoms with Gasteiger partial charge in [0.05, 0.1) is 13.2 Å². The molecule has 0 radical (unpaired) electrons. The third-order valence-electron chi connectivity index (χ3n) is 4.72. The van der Waals surface area contributed by atoms with Gasteiger partial charge >= 0.3 is 0 Å². The van der Waals surface area contributed by atoms with E-state index in [9.17, 15) is 4.79 Å². The largest absolute Gasteiger partial charge is 0.497 e. The molecule has 1 N–H and O–H groups in total. The van der Waals surface area contributed by atoms with E-state index in [1.54, 1.807) is 7.11 Å². The van der Waals surface area contributed by atoms with Crippen LogP contribution in [0, 0.1) is 0 Å². The van der Waals surface area contributed by atoms with E-state index in [0.717, 1.165) is 37.6 Å². The van der Waals surface area contributed by atoms with Crippen molar-refractivity contribution in [3.63, 3.8) is 0 Å². The van der Waals surface area contributed by atoms with Crippen LogP contribution in [0.5, 0.6) is 5.75 Å². The highest BCUT2D eigenvalue weighted by atomic mass is 16.5. The van der Waals surface area contributed by atoms with Crippen LogP contribution in [0.2, 0.25) is 0 Å². The molecule has 3 rings (SSSR count). The summed E-state index contributed by atoms with van der Waals surface area (Å²) in [6.07, 6.45) is 0. The predicted molar refractivity (Wildman–Crippen MR) is 101 cm³/mol. The molecule has 1 fully saturated rings. The van der Waals surface area contributed by atoms with Crippen molar-refractivity contribution in [2.24, 2.45) is 0 Å². The molecule has 0 saturated carbocycles. The zero-order valence-electron chi connectivity index (χ0n) is 14.8. The van der Waals surface area contributed by atoms with Crippen molar-refractivity contribution >= 4 is 17.3 Å². The first-order chi connectivity index (χ1) is 12.2.